The number of halogens is 1. The first-order valence-electron chi connectivity index (χ1n) is 12.9. The molecule has 206 valence electrons. The maximum atomic E-state index is 13.8. The summed E-state index contributed by atoms with van der Waals surface area (Å²) in [6.45, 7) is 4.40. The van der Waals surface area contributed by atoms with Crippen LogP contribution in [-0.4, -0.2) is 24.0 Å². The van der Waals surface area contributed by atoms with Crippen molar-refractivity contribution in [2.75, 3.05) is 16.9 Å². The molecule has 5 rings (SSSR count). The van der Waals surface area contributed by atoms with E-state index in [-0.39, 0.29) is 15.7 Å². The molecule has 0 N–H and O–H groups in total. The molecule has 1 fully saturated rings. The summed E-state index contributed by atoms with van der Waals surface area (Å²) in [4.78, 5) is 30.3. The molecule has 0 bridgehead atoms. The van der Waals surface area contributed by atoms with Crippen LogP contribution in [0.4, 0.5) is 11.4 Å². The van der Waals surface area contributed by atoms with Gasteiger partial charge >= 0.3 is 0 Å². The molecule has 1 aliphatic rings. The lowest BCUT2D eigenvalue weighted by Crippen LogP contribution is -2.56. The number of aryl methyl sites for hydroxylation is 2. The van der Waals surface area contributed by atoms with Crippen LogP contribution in [0.2, 0.25) is 5.02 Å². The van der Waals surface area contributed by atoms with Crippen LogP contribution in [0.5, 0.6) is 11.5 Å². The number of carbonyl (C=O) groups is 2. The van der Waals surface area contributed by atoms with Crippen LogP contribution in [0.25, 0.3) is 6.08 Å². The topological polar surface area (TPSA) is 59.1 Å². The van der Waals surface area contributed by atoms with Gasteiger partial charge in [0, 0.05) is 0 Å². The highest BCUT2D eigenvalue weighted by Gasteiger charge is 2.41. The van der Waals surface area contributed by atoms with E-state index < -0.39 is 11.8 Å². The van der Waals surface area contributed by atoms with Crippen molar-refractivity contribution in [1.82, 2.24) is 0 Å². The number of hydrogen-bond acceptors (Lipinski definition) is 5. The lowest BCUT2D eigenvalue weighted by atomic mass is 10.0. The molecule has 41 heavy (non-hydrogen) atoms. The van der Waals surface area contributed by atoms with Crippen molar-refractivity contribution in [1.29, 1.82) is 0 Å². The van der Waals surface area contributed by atoms with E-state index in [2.05, 4.69) is 13.0 Å². The normalized spacial score (nSPS) is 13.5. The number of carbonyl (C=O) groups excluding carboxylic acids is 2. The Bertz CT molecular complexity index is 1610. The van der Waals surface area contributed by atoms with Gasteiger partial charge in [0.25, 0.3) is 11.8 Å². The molecular weight excluding hydrogens is 556 g/mol. The predicted molar refractivity (Wildman–Crippen MR) is 167 cm³/mol. The van der Waals surface area contributed by atoms with Crippen molar-refractivity contribution in [3.05, 3.63) is 124 Å². The van der Waals surface area contributed by atoms with Gasteiger partial charge in [0.1, 0.15) is 12.2 Å². The number of benzene rings is 4. The Morgan fingerprint density at radius 3 is 1.93 bits per heavy atom. The number of rotatable bonds is 7. The molecule has 0 spiro atoms. The summed E-state index contributed by atoms with van der Waals surface area (Å²) in [6.07, 6.45) is 1.50. The zero-order chi connectivity index (χ0) is 29.1. The average molecular weight is 583 g/mol. The highest BCUT2D eigenvalue weighted by molar-refractivity contribution is 7.81. The molecule has 1 saturated heterocycles. The zero-order valence-electron chi connectivity index (χ0n) is 22.8. The van der Waals surface area contributed by atoms with Crippen LogP contribution in [0, 0.1) is 13.8 Å². The molecule has 0 unspecified atom stereocenters. The van der Waals surface area contributed by atoms with Gasteiger partial charge in [-0.05, 0) is 90.8 Å². The molecule has 4 aromatic carbocycles. The van der Waals surface area contributed by atoms with Crippen molar-refractivity contribution in [3.63, 3.8) is 0 Å². The van der Waals surface area contributed by atoms with E-state index in [1.807, 2.05) is 31.2 Å². The summed E-state index contributed by atoms with van der Waals surface area (Å²) >= 11 is 12.3. The van der Waals surface area contributed by atoms with Gasteiger partial charge in [-0.2, -0.15) is 0 Å². The lowest BCUT2D eigenvalue weighted by Gasteiger charge is -2.36. The Labute approximate surface area is 249 Å². The Morgan fingerprint density at radius 1 is 0.805 bits per heavy atom. The first-order valence-corrected chi connectivity index (χ1v) is 13.7. The van der Waals surface area contributed by atoms with Gasteiger partial charge in [0.15, 0.2) is 16.6 Å². The number of amides is 2. The third-order valence-electron chi connectivity index (χ3n) is 6.80. The minimum absolute atomic E-state index is 0.0697. The second kappa shape index (κ2) is 12.0. The van der Waals surface area contributed by atoms with Gasteiger partial charge in [-0.1, -0.05) is 66.2 Å². The Balaban J connectivity index is 1.53. The number of para-hydroxylation sites is 2. The van der Waals surface area contributed by atoms with Crippen molar-refractivity contribution in [2.24, 2.45) is 0 Å². The quantitative estimate of drug-likeness (QED) is 0.130. The minimum atomic E-state index is -0.538. The summed E-state index contributed by atoms with van der Waals surface area (Å²) in [7, 11) is 1.51. The highest BCUT2D eigenvalue weighted by atomic mass is 35.5. The third kappa shape index (κ3) is 5.73. The highest BCUT2D eigenvalue weighted by Crippen LogP contribution is 2.38. The SMILES string of the molecule is COc1cc(C=C2C(=O)N(c3ccccc3)C(=S)N(c3ccccc3)C2=O)cc(Cl)c1OCc1ccc(C)c(C)c1. The number of methoxy groups -OCH3 is 1. The van der Waals surface area contributed by atoms with E-state index in [9.17, 15) is 9.59 Å². The maximum Gasteiger partial charge on any atom is 0.270 e. The molecular formula is C33H27ClN2O4S. The lowest BCUT2D eigenvalue weighted by molar-refractivity contribution is -0.120. The van der Waals surface area contributed by atoms with Crippen molar-refractivity contribution in [2.45, 2.75) is 20.5 Å². The van der Waals surface area contributed by atoms with Gasteiger partial charge < -0.3 is 9.47 Å². The number of nitrogens with zero attached hydrogens (tertiary/aromatic N) is 2. The number of thiocarbonyl (C=S) groups is 1. The average Bonchev–Trinajstić information content (AvgIpc) is 2.97. The van der Waals surface area contributed by atoms with Crippen molar-refractivity contribution in [3.8, 4) is 11.5 Å². The van der Waals surface area contributed by atoms with Crippen LogP contribution in [0.1, 0.15) is 22.3 Å². The van der Waals surface area contributed by atoms with Crippen LogP contribution in [-0.2, 0) is 16.2 Å². The van der Waals surface area contributed by atoms with Crippen LogP contribution >= 0.6 is 23.8 Å². The van der Waals surface area contributed by atoms with E-state index in [1.165, 1.54) is 34.1 Å². The van der Waals surface area contributed by atoms with Crippen molar-refractivity contribution >= 4 is 58.2 Å². The molecule has 1 heterocycles. The molecule has 0 radical (unpaired) electrons. The molecule has 0 aliphatic carbocycles. The van der Waals surface area contributed by atoms with E-state index in [1.54, 1.807) is 60.7 Å². The molecule has 2 amide bonds. The van der Waals surface area contributed by atoms with E-state index in [0.717, 1.165) is 5.56 Å². The molecule has 8 heteroatoms. The van der Waals surface area contributed by atoms with Crippen LogP contribution in [0.15, 0.2) is 96.6 Å². The van der Waals surface area contributed by atoms with Crippen molar-refractivity contribution < 1.29 is 19.1 Å². The second-order valence-electron chi connectivity index (χ2n) is 9.53. The standard InChI is InChI=1S/C33H27ClN2O4S/c1-21-14-15-23(16-22(21)2)20-40-30-28(34)18-24(19-29(30)39-3)17-27-31(37)35(25-10-6-4-7-11-25)33(41)36(32(27)38)26-12-8-5-9-13-26/h4-19H,20H2,1-3H3. The molecule has 4 aromatic rings. The summed E-state index contributed by atoms with van der Waals surface area (Å²) in [6, 6.07) is 27.4. The van der Waals surface area contributed by atoms with Crippen LogP contribution in [0.3, 0.4) is 0 Å². The molecule has 0 aromatic heterocycles. The smallest absolute Gasteiger partial charge is 0.270 e. The number of hydrogen-bond donors (Lipinski definition) is 0. The van der Waals surface area contributed by atoms with Gasteiger partial charge in [-0.15, -0.1) is 0 Å². The largest absolute Gasteiger partial charge is 0.493 e. The Hall–Kier alpha value is -4.46. The number of ether oxygens (including phenoxy) is 2. The monoisotopic (exact) mass is 582 g/mol. The van der Waals surface area contributed by atoms with E-state index in [0.29, 0.717) is 35.0 Å². The summed E-state index contributed by atoms with van der Waals surface area (Å²) in [5.41, 5.74) is 4.88. The Morgan fingerprint density at radius 2 is 1.39 bits per heavy atom. The third-order valence-corrected chi connectivity index (χ3v) is 7.44. The zero-order valence-corrected chi connectivity index (χ0v) is 24.3. The fourth-order valence-corrected chi connectivity index (χ4v) is 5.17. The molecule has 0 saturated carbocycles. The molecule has 0 atom stereocenters. The molecule has 1 aliphatic heterocycles. The van der Waals surface area contributed by atoms with Gasteiger partial charge in [0.2, 0.25) is 0 Å². The fraction of sp³-hybridized carbons (Fsp3) is 0.121. The van der Waals surface area contributed by atoms with Gasteiger partial charge in [-0.25, -0.2) is 0 Å². The summed E-state index contributed by atoms with van der Waals surface area (Å²) in [5.74, 6) is -0.333. The summed E-state index contributed by atoms with van der Waals surface area (Å²) in [5, 5.41) is 0.353. The van der Waals surface area contributed by atoms with Gasteiger partial charge in [-0.3, -0.25) is 19.4 Å². The second-order valence-corrected chi connectivity index (χ2v) is 10.3. The predicted octanol–water partition coefficient (Wildman–Crippen LogP) is 7.29. The number of anilines is 2. The van der Waals surface area contributed by atoms with E-state index in [4.69, 9.17) is 33.3 Å². The Kier molecular flexibility index (Phi) is 8.19. The molecule has 6 nitrogen and oxygen atoms in total. The first-order chi connectivity index (χ1) is 19.8. The summed E-state index contributed by atoms with van der Waals surface area (Å²) < 4.78 is 11.6. The van der Waals surface area contributed by atoms with Gasteiger partial charge in [0.05, 0.1) is 23.5 Å². The van der Waals surface area contributed by atoms with Crippen LogP contribution < -0.4 is 19.3 Å². The maximum absolute atomic E-state index is 13.8. The first kappa shape index (κ1) is 28.1. The van der Waals surface area contributed by atoms with E-state index >= 15 is 0 Å². The fourth-order valence-electron chi connectivity index (χ4n) is 4.52. The minimum Gasteiger partial charge on any atom is -0.493 e.